The van der Waals surface area contributed by atoms with Crippen LogP contribution in [0.5, 0.6) is 0 Å². The highest BCUT2D eigenvalue weighted by Crippen LogP contribution is 2.42. The van der Waals surface area contributed by atoms with Gasteiger partial charge in [-0.05, 0) is 75.8 Å². The lowest BCUT2D eigenvalue weighted by atomic mass is 10.0. The van der Waals surface area contributed by atoms with Crippen molar-refractivity contribution in [2.75, 3.05) is 0 Å². The lowest BCUT2D eigenvalue weighted by Gasteiger charge is -2.10. The molecule has 0 radical (unpaired) electrons. The number of hydrogen-bond donors (Lipinski definition) is 0. The van der Waals surface area contributed by atoms with Crippen LogP contribution in [0.25, 0.3) is 117 Å². The number of aromatic nitrogens is 4. The molecule has 62 heavy (non-hydrogen) atoms. The second-order valence-corrected chi connectivity index (χ2v) is 15.6. The molecule has 3 aromatic heterocycles. The molecule has 0 aliphatic rings. The summed E-state index contributed by atoms with van der Waals surface area (Å²) in [4.78, 5) is 15.2. The van der Waals surface area contributed by atoms with Gasteiger partial charge >= 0.3 is 0 Å². The third kappa shape index (κ3) is 6.14. The summed E-state index contributed by atoms with van der Waals surface area (Å²) < 4.78 is 8.90. The highest BCUT2D eigenvalue weighted by atomic mass is 16.3. The fraction of sp³-hybridized carbons (Fsp3) is 0. The maximum atomic E-state index is 6.53. The van der Waals surface area contributed by atoms with Crippen LogP contribution in [-0.4, -0.2) is 19.5 Å². The first-order chi connectivity index (χ1) is 30.7. The van der Waals surface area contributed by atoms with E-state index in [2.05, 4.69) is 211 Å². The van der Waals surface area contributed by atoms with E-state index in [0.717, 1.165) is 72.1 Å². The molecule has 0 aliphatic carbocycles. The first kappa shape index (κ1) is 35.5. The third-order valence-electron chi connectivity index (χ3n) is 11.9. The maximum absolute atomic E-state index is 6.53. The van der Waals surface area contributed by atoms with Crippen LogP contribution < -0.4 is 0 Å². The first-order valence-corrected chi connectivity index (χ1v) is 20.8. The van der Waals surface area contributed by atoms with Gasteiger partial charge in [-0.25, -0.2) is 15.0 Å². The van der Waals surface area contributed by atoms with Crippen LogP contribution in [0.3, 0.4) is 0 Å². The lowest BCUT2D eigenvalue weighted by molar-refractivity contribution is 0.669. The quantitative estimate of drug-likeness (QED) is 0.161. The van der Waals surface area contributed by atoms with Gasteiger partial charge in [0.25, 0.3) is 0 Å². The minimum Gasteiger partial charge on any atom is -0.456 e. The normalized spacial score (nSPS) is 11.5. The van der Waals surface area contributed by atoms with Gasteiger partial charge in [0.05, 0.1) is 16.4 Å². The third-order valence-corrected chi connectivity index (χ3v) is 11.9. The van der Waals surface area contributed by atoms with Crippen molar-refractivity contribution in [1.29, 1.82) is 0 Å². The van der Waals surface area contributed by atoms with Gasteiger partial charge in [-0.15, -0.1) is 0 Å². The summed E-state index contributed by atoms with van der Waals surface area (Å²) in [6.07, 6.45) is 0. The Morgan fingerprint density at radius 3 is 1.27 bits per heavy atom. The van der Waals surface area contributed by atoms with E-state index >= 15 is 0 Å². The fourth-order valence-corrected chi connectivity index (χ4v) is 8.80. The minimum atomic E-state index is 0.614. The SMILES string of the molecule is c1ccc(-c2ccc(-c3nc(-c4ccc(-c5ccccc5)cc4)nc(-c4ccc(-c5ccc6oc7ccc8c9ccccc9n(-c9ccccc9)c8c7c6c5)cc4)n3)cc2)cc1. The molecule has 0 fully saturated rings. The summed E-state index contributed by atoms with van der Waals surface area (Å²) >= 11 is 0. The molecule has 0 aliphatic heterocycles. The molecular weight excluding hydrogens is 757 g/mol. The Balaban J connectivity index is 0.950. The molecule has 12 aromatic rings. The Labute approximate surface area is 357 Å². The number of furan rings is 1. The zero-order valence-electron chi connectivity index (χ0n) is 33.5. The Morgan fingerprint density at radius 2 is 0.726 bits per heavy atom. The molecule has 9 aromatic carbocycles. The highest BCUT2D eigenvalue weighted by molar-refractivity contribution is 6.24. The van der Waals surface area contributed by atoms with Crippen molar-refractivity contribution in [2.24, 2.45) is 0 Å². The number of rotatable bonds is 7. The van der Waals surface area contributed by atoms with Crippen molar-refractivity contribution in [3.05, 3.63) is 218 Å². The molecule has 12 rings (SSSR count). The summed E-state index contributed by atoms with van der Waals surface area (Å²) in [5, 5.41) is 4.60. The van der Waals surface area contributed by atoms with Crippen molar-refractivity contribution in [2.45, 2.75) is 0 Å². The number of nitrogens with zero attached hydrogens (tertiary/aromatic N) is 4. The van der Waals surface area contributed by atoms with Crippen LogP contribution >= 0.6 is 0 Å². The smallest absolute Gasteiger partial charge is 0.164 e. The standard InChI is InChI=1S/C57H36N4O/c1-4-12-37(13-5-1)39-20-26-42(27-21-39)55-58-56(43-28-22-40(23-29-43)38-14-6-2-7-15-38)60-57(59-55)44-30-24-41(25-31-44)45-32-34-51-49(36-45)53-52(62-51)35-33-48-47-18-10-11-19-50(47)61(54(48)53)46-16-8-3-9-17-46/h1-36H. The zero-order valence-corrected chi connectivity index (χ0v) is 33.5. The van der Waals surface area contributed by atoms with Crippen LogP contribution in [0.4, 0.5) is 0 Å². The van der Waals surface area contributed by atoms with Crippen molar-refractivity contribution in [1.82, 2.24) is 19.5 Å². The van der Waals surface area contributed by atoms with Crippen LogP contribution in [0.2, 0.25) is 0 Å². The predicted molar refractivity (Wildman–Crippen MR) is 254 cm³/mol. The van der Waals surface area contributed by atoms with Gasteiger partial charge in [-0.1, -0.05) is 176 Å². The second kappa shape index (κ2) is 14.7. The Kier molecular flexibility index (Phi) is 8.42. The molecule has 0 amide bonds. The molecule has 3 heterocycles. The van der Waals surface area contributed by atoms with Gasteiger partial charge in [-0.3, -0.25) is 0 Å². The van der Waals surface area contributed by atoms with E-state index in [9.17, 15) is 0 Å². The molecule has 5 heteroatoms. The predicted octanol–water partition coefficient (Wildman–Crippen LogP) is 14.9. The Hall–Kier alpha value is -8.41. The van der Waals surface area contributed by atoms with Gasteiger partial charge in [-0.2, -0.15) is 0 Å². The van der Waals surface area contributed by atoms with Gasteiger partial charge in [0, 0.05) is 38.5 Å². The van der Waals surface area contributed by atoms with Gasteiger partial charge < -0.3 is 8.98 Å². The summed E-state index contributed by atoms with van der Waals surface area (Å²) in [6, 6.07) is 76.2. The minimum absolute atomic E-state index is 0.614. The van der Waals surface area contributed by atoms with Crippen LogP contribution in [-0.2, 0) is 0 Å². The topological polar surface area (TPSA) is 56.7 Å². The molecule has 0 atom stereocenters. The van der Waals surface area contributed by atoms with E-state index in [1.807, 2.05) is 12.1 Å². The molecule has 5 nitrogen and oxygen atoms in total. The van der Waals surface area contributed by atoms with E-state index in [1.54, 1.807) is 0 Å². The van der Waals surface area contributed by atoms with E-state index in [1.165, 1.54) is 27.4 Å². The molecular formula is C57H36N4O. The van der Waals surface area contributed by atoms with Gasteiger partial charge in [0.1, 0.15) is 11.2 Å². The monoisotopic (exact) mass is 792 g/mol. The van der Waals surface area contributed by atoms with Crippen LogP contribution in [0.1, 0.15) is 0 Å². The van der Waals surface area contributed by atoms with Crippen molar-refractivity contribution in [3.63, 3.8) is 0 Å². The maximum Gasteiger partial charge on any atom is 0.164 e. The summed E-state index contributed by atoms with van der Waals surface area (Å²) in [7, 11) is 0. The van der Waals surface area contributed by atoms with E-state index in [-0.39, 0.29) is 0 Å². The van der Waals surface area contributed by atoms with E-state index in [0.29, 0.717) is 17.5 Å². The van der Waals surface area contributed by atoms with Crippen molar-refractivity contribution in [3.8, 4) is 73.2 Å². The highest BCUT2D eigenvalue weighted by Gasteiger charge is 2.20. The average Bonchev–Trinajstić information content (AvgIpc) is 3.90. The summed E-state index contributed by atoms with van der Waals surface area (Å²) in [6.45, 7) is 0. The van der Waals surface area contributed by atoms with Crippen LogP contribution in [0, 0.1) is 0 Å². The fourth-order valence-electron chi connectivity index (χ4n) is 8.80. The Bertz CT molecular complexity index is 3480. The van der Waals surface area contributed by atoms with Crippen molar-refractivity contribution >= 4 is 43.7 Å². The molecule has 290 valence electrons. The van der Waals surface area contributed by atoms with E-state index < -0.39 is 0 Å². The largest absolute Gasteiger partial charge is 0.456 e. The second-order valence-electron chi connectivity index (χ2n) is 15.6. The van der Waals surface area contributed by atoms with Gasteiger partial charge in [0.2, 0.25) is 0 Å². The number of fused-ring (bicyclic) bond motifs is 7. The Morgan fingerprint density at radius 1 is 0.306 bits per heavy atom. The first-order valence-electron chi connectivity index (χ1n) is 20.8. The lowest BCUT2D eigenvalue weighted by Crippen LogP contribution is -2.00. The molecule has 0 saturated heterocycles. The summed E-state index contributed by atoms with van der Waals surface area (Å²) in [5.41, 5.74) is 14.7. The molecule has 0 unspecified atom stereocenters. The average molecular weight is 793 g/mol. The molecule has 0 bridgehead atoms. The van der Waals surface area contributed by atoms with Crippen LogP contribution in [0.15, 0.2) is 223 Å². The van der Waals surface area contributed by atoms with E-state index in [4.69, 9.17) is 19.4 Å². The zero-order chi connectivity index (χ0) is 41.0. The number of benzene rings is 9. The summed E-state index contributed by atoms with van der Waals surface area (Å²) in [5.74, 6) is 1.86. The number of para-hydroxylation sites is 2. The van der Waals surface area contributed by atoms with Crippen molar-refractivity contribution < 1.29 is 4.42 Å². The van der Waals surface area contributed by atoms with Gasteiger partial charge in [0.15, 0.2) is 17.5 Å². The number of hydrogen-bond acceptors (Lipinski definition) is 4. The molecule has 0 saturated carbocycles. The molecule has 0 N–H and O–H groups in total. The molecule has 0 spiro atoms.